The Kier molecular flexibility index (Phi) is 1.51. The maximum absolute atomic E-state index is 5.71. The summed E-state index contributed by atoms with van der Waals surface area (Å²) in [5.74, 6) is 0. The van der Waals surface area contributed by atoms with Crippen LogP contribution in [0.4, 0.5) is 0 Å². The Bertz CT molecular complexity index is 263. The third kappa shape index (κ3) is 0.993. The molecule has 2 rings (SSSR count). The second-order valence-electron chi connectivity index (χ2n) is 3.25. The van der Waals surface area contributed by atoms with Gasteiger partial charge >= 0.3 is 0 Å². The minimum Gasteiger partial charge on any atom is -0.330 e. The Labute approximate surface area is 70.5 Å². The van der Waals surface area contributed by atoms with Gasteiger partial charge in [-0.15, -0.1) is 11.3 Å². The summed E-state index contributed by atoms with van der Waals surface area (Å²) in [4.78, 5) is 5.65. The summed E-state index contributed by atoms with van der Waals surface area (Å²) in [5, 5.41) is 0. The molecular weight excluding hydrogens is 156 g/mol. The van der Waals surface area contributed by atoms with Crippen LogP contribution in [0.2, 0.25) is 0 Å². The van der Waals surface area contributed by atoms with Gasteiger partial charge in [0.25, 0.3) is 0 Å². The summed E-state index contributed by atoms with van der Waals surface area (Å²) in [6.07, 6.45) is 2.51. The van der Waals surface area contributed by atoms with Crippen molar-refractivity contribution in [2.75, 3.05) is 6.54 Å². The molecule has 1 saturated carbocycles. The van der Waals surface area contributed by atoms with E-state index < -0.39 is 0 Å². The number of hydrogen-bond donors (Lipinski definition) is 1. The largest absolute Gasteiger partial charge is 0.330 e. The first-order valence-corrected chi connectivity index (χ1v) is 4.77. The van der Waals surface area contributed by atoms with Crippen LogP contribution < -0.4 is 5.73 Å². The fourth-order valence-electron chi connectivity index (χ4n) is 1.49. The first kappa shape index (κ1) is 7.25. The summed E-state index contributed by atoms with van der Waals surface area (Å²) in [6.45, 7) is 2.86. The normalized spacial score (nSPS) is 20.2. The van der Waals surface area contributed by atoms with Crippen LogP contribution in [0.25, 0.3) is 0 Å². The summed E-state index contributed by atoms with van der Waals surface area (Å²) in [6, 6.07) is 0. The number of nitrogens with two attached hydrogens (primary N) is 1. The lowest BCUT2D eigenvalue weighted by molar-refractivity contribution is 0.712. The lowest BCUT2D eigenvalue weighted by Crippen LogP contribution is -2.19. The maximum Gasteiger partial charge on any atom is 0.0797 e. The standard InChI is InChI=1S/C8H12N2S/c1-6-7(11-5-10-6)8(4-9)2-3-8/h5H,2-4,9H2,1H3. The minimum absolute atomic E-state index is 0.339. The molecule has 0 atom stereocenters. The Morgan fingerprint density at radius 2 is 2.45 bits per heavy atom. The van der Waals surface area contributed by atoms with Crippen LogP contribution in [-0.4, -0.2) is 11.5 Å². The van der Waals surface area contributed by atoms with Crippen molar-refractivity contribution in [2.45, 2.75) is 25.2 Å². The van der Waals surface area contributed by atoms with Crippen LogP contribution in [-0.2, 0) is 5.41 Å². The zero-order valence-electron chi connectivity index (χ0n) is 6.63. The van der Waals surface area contributed by atoms with Gasteiger partial charge in [-0.3, -0.25) is 0 Å². The first-order valence-electron chi connectivity index (χ1n) is 3.89. The van der Waals surface area contributed by atoms with Crippen molar-refractivity contribution in [1.29, 1.82) is 0 Å². The molecule has 0 aliphatic heterocycles. The van der Waals surface area contributed by atoms with Crippen molar-refractivity contribution in [3.8, 4) is 0 Å². The highest BCUT2D eigenvalue weighted by Gasteiger charge is 2.45. The van der Waals surface area contributed by atoms with Crippen LogP contribution in [0.5, 0.6) is 0 Å². The molecule has 3 heteroatoms. The number of thiazole rings is 1. The van der Waals surface area contributed by atoms with E-state index >= 15 is 0 Å². The molecule has 2 N–H and O–H groups in total. The van der Waals surface area contributed by atoms with Crippen molar-refractivity contribution in [3.63, 3.8) is 0 Å². The first-order chi connectivity index (χ1) is 5.28. The van der Waals surface area contributed by atoms with E-state index in [4.69, 9.17) is 5.73 Å². The highest BCUT2D eigenvalue weighted by atomic mass is 32.1. The van der Waals surface area contributed by atoms with E-state index in [1.807, 2.05) is 5.51 Å². The Morgan fingerprint density at radius 1 is 1.73 bits per heavy atom. The van der Waals surface area contributed by atoms with Crippen molar-refractivity contribution < 1.29 is 0 Å². The van der Waals surface area contributed by atoms with Gasteiger partial charge in [0, 0.05) is 16.8 Å². The number of aromatic nitrogens is 1. The van der Waals surface area contributed by atoms with Gasteiger partial charge in [-0.25, -0.2) is 4.98 Å². The van der Waals surface area contributed by atoms with Crippen LogP contribution in [0.15, 0.2) is 5.51 Å². The van der Waals surface area contributed by atoms with Gasteiger partial charge in [-0.05, 0) is 19.8 Å². The molecule has 0 amide bonds. The van der Waals surface area contributed by atoms with E-state index in [-0.39, 0.29) is 0 Å². The fourth-order valence-corrected chi connectivity index (χ4v) is 2.56. The summed E-state index contributed by atoms with van der Waals surface area (Å²) < 4.78 is 0. The van der Waals surface area contributed by atoms with Crippen LogP contribution >= 0.6 is 11.3 Å². The molecule has 0 aromatic carbocycles. The summed E-state index contributed by atoms with van der Waals surface area (Å²) >= 11 is 1.75. The van der Waals surface area contributed by atoms with Gasteiger partial charge in [0.15, 0.2) is 0 Å². The predicted octanol–water partition coefficient (Wildman–Crippen LogP) is 1.44. The van der Waals surface area contributed by atoms with Crippen LogP contribution in [0.1, 0.15) is 23.4 Å². The van der Waals surface area contributed by atoms with Gasteiger partial charge in [0.2, 0.25) is 0 Å². The average Bonchev–Trinajstić information content (AvgIpc) is 2.70. The third-order valence-corrected chi connectivity index (χ3v) is 3.65. The number of rotatable bonds is 2. The van der Waals surface area contributed by atoms with E-state index in [9.17, 15) is 0 Å². The van der Waals surface area contributed by atoms with E-state index in [1.165, 1.54) is 23.4 Å². The minimum atomic E-state index is 0.339. The zero-order valence-corrected chi connectivity index (χ0v) is 7.45. The van der Waals surface area contributed by atoms with Crippen molar-refractivity contribution in [3.05, 3.63) is 16.1 Å². The highest BCUT2D eigenvalue weighted by Crippen LogP contribution is 2.49. The lowest BCUT2D eigenvalue weighted by atomic mass is 10.0. The van der Waals surface area contributed by atoms with Gasteiger partial charge in [-0.1, -0.05) is 0 Å². The smallest absolute Gasteiger partial charge is 0.0797 e. The van der Waals surface area contributed by atoms with Crippen molar-refractivity contribution >= 4 is 11.3 Å². The number of nitrogens with zero attached hydrogens (tertiary/aromatic N) is 1. The quantitative estimate of drug-likeness (QED) is 0.725. The Hall–Kier alpha value is -0.410. The molecule has 0 saturated heterocycles. The topological polar surface area (TPSA) is 38.9 Å². The number of aryl methyl sites for hydroxylation is 1. The van der Waals surface area contributed by atoms with Crippen LogP contribution in [0, 0.1) is 6.92 Å². The lowest BCUT2D eigenvalue weighted by Gasteiger charge is -2.09. The Balaban J connectivity index is 2.35. The molecule has 2 nitrogen and oxygen atoms in total. The molecule has 0 bridgehead atoms. The van der Waals surface area contributed by atoms with Crippen LogP contribution in [0.3, 0.4) is 0 Å². The SMILES string of the molecule is Cc1ncsc1C1(CN)CC1. The van der Waals surface area contributed by atoms with E-state index in [0.29, 0.717) is 5.41 Å². The second kappa shape index (κ2) is 2.29. The molecule has 1 aromatic heterocycles. The van der Waals surface area contributed by atoms with E-state index in [1.54, 1.807) is 11.3 Å². The highest BCUT2D eigenvalue weighted by molar-refractivity contribution is 7.10. The van der Waals surface area contributed by atoms with E-state index in [0.717, 1.165) is 6.54 Å². The zero-order chi connectivity index (χ0) is 7.90. The molecule has 11 heavy (non-hydrogen) atoms. The van der Waals surface area contributed by atoms with Gasteiger partial charge in [0.05, 0.1) is 11.2 Å². The van der Waals surface area contributed by atoms with Gasteiger partial charge in [0.1, 0.15) is 0 Å². The molecule has 1 heterocycles. The molecule has 1 aromatic rings. The molecular formula is C8H12N2S. The molecule has 1 aliphatic rings. The molecule has 0 unspecified atom stereocenters. The average molecular weight is 168 g/mol. The monoisotopic (exact) mass is 168 g/mol. The summed E-state index contributed by atoms with van der Waals surface area (Å²) in [7, 11) is 0. The summed E-state index contributed by atoms with van der Waals surface area (Å²) in [5.41, 5.74) is 9.14. The Morgan fingerprint density at radius 3 is 2.82 bits per heavy atom. The molecule has 0 radical (unpaired) electrons. The van der Waals surface area contributed by atoms with Crippen molar-refractivity contribution in [2.24, 2.45) is 5.73 Å². The third-order valence-electron chi connectivity index (χ3n) is 2.47. The predicted molar refractivity (Wildman–Crippen MR) is 46.8 cm³/mol. The molecule has 1 fully saturated rings. The number of hydrogen-bond acceptors (Lipinski definition) is 3. The van der Waals surface area contributed by atoms with E-state index in [2.05, 4.69) is 11.9 Å². The van der Waals surface area contributed by atoms with Gasteiger partial charge < -0.3 is 5.73 Å². The fraction of sp³-hybridized carbons (Fsp3) is 0.625. The van der Waals surface area contributed by atoms with Crippen molar-refractivity contribution in [1.82, 2.24) is 4.98 Å². The van der Waals surface area contributed by atoms with Gasteiger partial charge in [-0.2, -0.15) is 0 Å². The molecule has 60 valence electrons. The molecule has 1 aliphatic carbocycles. The molecule has 0 spiro atoms. The maximum atomic E-state index is 5.71. The second-order valence-corrected chi connectivity index (χ2v) is 4.11.